The molecule has 1 aromatic carbocycles. The van der Waals surface area contributed by atoms with Crippen molar-refractivity contribution in [1.29, 1.82) is 0 Å². The van der Waals surface area contributed by atoms with Crippen molar-refractivity contribution < 1.29 is 0 Å². The molecule has 0 aliphatic heterocycles. The molecule has 1 heterocycles. The van der Waals surface area contributed by atoms with Crippen LogP contribution in [0.3, 0.4) is 0 Å². The Morgan fingerprint density at radius 2 is 2.18 bits per heavy atom. The standard InChI is InChI=1S/C9H7ClS/c1-6-5-11-8-4-2-3-7(10)9(6)8/h2-5H,1H3. The van der Waals surface area contributed by atoms with Crippen molar-refractivity contribution in [2.75, 3.05) is 0 Å². The van der Waals surface area contributed by atoms with E-state index in [9.17, 15) is 0 Å². The van der Waals surface area contributed by atoms with Gasteiger partial charge in [-0.1, -0.05) is 17.7 Å². The molecule has 0 unspecified atom stereocenters. The minimum atomic E-state index is 0.862. The Bertz CT molecular complexity index is 389. The summed E-state index contributed by atoms with van der Waals surface area (Å²) >= 11 is 7.75. The van der Waals surface area contributed by atoms with Crippen LogP contribution < -0.4 is 0 Å². The zero-order valence-corrected chi connectivity index (χ0v) is 7.67. The van der Waals surface area contributed by atoms with Crippen molar-refractivity contribution in [2.24, 2.45) is 0 Å². The van der Waals surface area contributed by atoms with E-state index in [1.165, 1.54) is 15.6 Å². The van der Waals surface area contributed by atoms with Gasteiger partial charge in [-0.15, -0.1) is 11.3 Å². The molecular weight excluding hydrogens is 176 g/mol. The molecular formula is C9H7ClS. The Hall–Kier alpha value is -0.530. The maximum absolute atomic E-state index is 6.01. The molecule has 0 aliphatic carbocycles. The van der Waals surface area contributed by atoms with Crippen LogP contribution in [-0.4, -0.2) is 0 Å². The van der Waals surface area contributed by atoms with E-state index in [2.05, 4.69) is 18.4 Å². The van der Waals surface area contributed by atoms with Crippen molar-refractivity contribution in [3.63, 3.8) is 0 Å². The first-order valence-corrected chi connectivity index (χ1v) is 4.67. The van der Waals surface area contributed by atoms with Gasteiger partial charge in [-0.2, -0.15) is 0 Å². The van der Waals surface area contributed by atoms with Gasteiger partial charge in [0, 0.05) is 15.1 Å². The van der Waals surface area contributed by atoms with E-state index in [-0.39, 0.29) is 0 Å². The van der Waals surface area contributed by atoms with E-state index in [1.54, 1.807) is 11.3 Å². The number of aryl methyl sites for hydroxylation is 1. The first kappa shape index (κ1) is 7.14. The molecule has 0 N–H and O–H groups in total. The predicted molar refractivity (Wildman–Crippen MR) is 51.6 cm³/mol. The average molecular weight is 183 g/mol. The summed E-state index contributed by atoms with van der Waals surface area (Å²) in [5.41, 5.74) is 1.27. The SMILES string of the molecule is Cc1csc2cccc(Cl)c12. The summed E-state index contributed by atoms with van der Waals surface area (Å²) in [5.74, 6) is 0. The monoisotopic (exact) mass is 182 g/mol. The first-order valence-electron chi connectivity index (χ1n) is 3.41. The molecule has 2 aromatic rings. The number of fused-ring (bicyclic) bond motifs is 1. The third kappa shape index (κ3) is 1.05. The lowest BCUT2D eigenvalue weighted by Crippen LogP contribution is -1.68. The van der Waals surface area contributed by atoms with E-state index in [0.717, 1.165) is 5.02 Å². The van der Waals surface area contributed by atoms with Gasteiger partial charge < -0.3 is 0 Å². The second-order valence-electron chi connectivity index (χ2n) is 2.53. The van der Waals surface area contributed by atoms with Crippen molar-refractivity contribution >= 4 is 33.0 Å². The Morgan fingerprint density at radius 3 is 2.91 bits per heavy atom. The highest BCUT2D eigenvalue weighted by atomic mass is 35.5. The minimum absolute atomic E-state index is 0.862. The summed E-state index contributed by atoms with van der Waals surface area (Å²) in [4.78, 5) is 0. The quantitative estimate of drug-likeness (QED) is 0.581. The predicted octanol–water partition coefficient (Wildman–Crippen LogP) is 3.86. The van der Waals surface area contributed by atoms with Gasteiger partial charge in [-0.05, 0) is 30.0 Å². The van der Waals surface area contributed by atoms with Crippen LogP contribution in [0.1, 0.15) is 5.56 Å². The summed E-state index contributed by atoms with van der Waals surface area (Å²) in [6.07, 6.45) is 0. The Labute approximate surface area is 74.4 Å². The van der Waals surface area contributed by atoms with Crippen molar-refractivity contribution in [2.45, 2.75) is 6.92 Å². The van der Waals surface area contributed by atoms with Gasteiger partial charge in [-0.25, -0.2) is 0 Å². The van der Waals surface area contributed by atoms with Crippen molar-refractivity contribution in [1.82, 2.24) is 0 Å². The van der Waals surface area contributed by atoms with Gasteiger partial charge in [0.05, 0.1) is 0 Å². The molecule has 2 rings (SSSR count). The molecule has 2 heteroatoms. The molecule has 11 heavy (non-hydrogen) atoms. The Balaban J connectivity index is 2.96. The van der Waals surface area contributed by atoms with Crippen LogP contribution in [0.4, 0.5) is 0 Å². The fraction of sp³-hybridized carbons (Fsp3) is 0.111. The van der Waals surface area contributed by atoms with E-state index < -0.39 is 0 Å². The minimum Gasteiger partial charge on any atom is -0.143 e. The van der Waals surface area contributed by atoms with Gasteiger partial charge in [0.25, 0.3) is 0 Å². The fourth-order valence-electron chi connectivity index (χ4n) is 1.20. The molecule has 0 saturated heterocycles. The lowest BCUT2D eigenvalue weighted by molar-refractivity contribution is 1.60. The third-order valence-electron chi connectivity index (χ3n) is 1.73. The van der Waals surface area contributed by atoms with E-state index in [0.29, 0.717) is 0 Å². The largest absolute Gasteiger partial charge is 0.143 e. The lowest BCUT2D eigenvalue weighted by Gasteiger charge is -1.93. The highest BCUT2D eigenvalue weighted by Crippen LogP contribution is 2.30. The molecule has 1 aromatic heterocycles. The zero-order chi connectivity index (χ0) is 7.84. The Morgan fingerprint density at radius 1 is 1.36 bits per heavy atom. The van der Waals surface area contributed by atoms with Crippen LogP contribution in [0.15, 0.2) is 23.6 Å². The number of rotatable bonds is 0. The lowest BCUT2D eigenvalue weighted by atomic mass is 10.2. The second-order valence-corrected chi connectivity index (χ2v) is 3.85. The van der Waals surface area contributed by atoms with E-state index in [4.69, 9.17) is 11.6 Å². The van der Waals surface area contributed by atoms with Crippen LogP contribution >= 0.6 is 22.9 Å². The molecule has 0 spiro atoms. The number of halogens is 1. The molecule has 56 valence electrons. The summed E-state index contributed by atoms with van der Waals surface area (Å²) in [5, 5.41) is 4.21. The number of hydrogen-bond donors (Lipinski definition) is 0. The molecule has 0 nitrogen and oxygen atoms in total. The van der Waals surface area contributed by atoms with Crippen LogP contribution in [0.5, 0.6) is 0 Å². The number of hydrogen-bond acceptors (Lipinski definition) is 1. The van der Waals surface area contributed by atoms with Crippen molar-refractivity contribution in [3.8, 4) is 0 Å². The van der Waals surface area contributed by atoms with E-state index in [1.807, 2.05) is 12.1 Å². The molecule has 0 radical (unpaired) electrons. The maximum atomic E-state index is 6.01. The van der Waals surface area contributed by atoms with E-state index >= 15 is 0 Å². The fourth-order valence-corrected chi connectivity index (χ4v) is 2.54. The molecule has 0 aliphatic rings. The van der Waals surface area contributed by atoms with Crippen LogP contribution in [0, 0.1) is 6.92 Å². The molecule has 0 amide bonds. The van der Waals surface area contributed by atoms with Gasteiger partial charge in [-0.3, -0.25) is 0 Å². The summed E-state index contributed by atoms with van der Waals surface area (Å²) in [7, 11) is 0. The normalized spacial score (nSPS) is 10.7. The molecule has 0 fully saturated rings. The smallest absolute Gasteiger partial charge is 0.0495 e. The van der Waals surface area contributed by atoms with Crippen LogP contribution in [-0.2, 0) is 0 Å². The van der Waals surface area contributed by atoms with Crippen LogP contribution in [0.2, 0.25) is 5.02 Å². The van der Waals surface area contributed by atoms with Crippen molar-refractivity contribution in [3.05, 3.63) is 34.2 Å². The molecule has 0 atom stereocenters. The highest BCUT2D eigenvalue weighted by Gasteiger charge is 2.02. The highest BCUT2D eigenvalue weighted by molar-refractivity contribution is 7.17. The van der Waals surface area contributed by atoms with Gasteiger partial charge >= 0.3 is 0 Å². The maximum Gasteiger partial charge on any atom is 0.0495 e. The van der Waals surface area contributed by atoms with Crippen LogP contribution in [0.25, 0.3) is 10.1 Å². The Kier molecular flexibility index (Phi) is 1.63. The molecule has 0 saturated carbocycles. The van der Waals surface area contributed by atoms with Gasteiger partial charge in [0.2, 0.25) is 0 Å². The average Bonchev–Trinajstić information content (AvgIpc) is 2.34. The van der Waals surface area contributed by atoms with Gasteiger partial charge in [0.1, 0.15) is 0 Å². The summed E-state index contributed by atoms with van der Waals surface area (Å²) < 4.78 is 1.27. The zero-order valence-electron chi connectivity index (χ0n) is 6.10. The second kappa shape index (κ2) is 2.50. The molecule has 0 bridgehead atoms. The first-order chi connectivity index (χ1) is 5.29. The summed E-state index contributed by atoms with van der Waals surface area (Å²) in [6, 6.07) is 6.02. The summed E-state index contributed by atoms with van der Waals surface area (Å²) in [6.45, 7) is 2.09. The van der Waals surface area contributed by atoms with Gasteiger partial charge in [0.15, 0.2) is 0 Å². The number of thiophene rings is 1. The topological polar surface area (TPSA) is 0 Å². The number of benzene rings is 1. The third-order valence-corrected chi connectivity index (χ3v) is 3.11.